The summed E-state index contributed by atoms with van der Waals surface area (Å²) in [4.78, 5) is 27.0. The van der Waals surface area contributed by atoms with Crippen LogP contribution in [0.15, 0.2) is 9.98 Å². The molecule has 0 aliphatic rings. The number of nitrogens with zero attached hydrogens (tertiary/aromatic N) is 5. The highest BCUT2D eigenvalue weighted by atomic mass is 16.5. The molecule has 0 aliphatic carbocycles. The number of rotatable bonds is 14. The van der Waals surface area contributed by atoms with Crippen molar-refractivity contribution in [3.8, 4) is 0 Å². The molecule has 0 saturated heterocycles. The first-order valence-electron chi connectivity index (χ1n) is 9.56. The van der Waals surface area contributed by atoms with Gasteiger partial charge in [-0.25, -0.2) is 4.99 Å². The van der Waals surface area contributed by atoms with Crippen molar-refractivity contribution in [2.45, 2.75) is 46.6 Å². The van der Waals surface area contributed by atoms with Crippen molar-refractivity contribution in [2.75, 3.05) is 60.7 Å². The Kier molecular flexibility index (Phi) is 14.1. The summed E-state index contributed by atoms with van der Waals surface area (Å²) in [7, 11) is 5.55. The Morgan fingerprint density at radius 2 is 1.85 bits per heavy atom. The molecule has 1 amide bonds. The molecular formula is C19H39N5O2. The summed E-state index contributed by atoms with van der Waals surface area (Å²) in [5.74, 6) is -0.0437. The molecule has 0 saturated carbocycles. The second-order valence-electron chi connectivity index (χ2n) is 6.65. The lowest BCUT2D eigenvalue weighted by Gasteiger charge is -2.22. The summed E-state index contributed by atoms with van der Waals surface area (Å²) in [6, 6.07) is 0.385. The summed E-state index contributed by atoms with van der Waals surface area (Å²) < 4.78 is 5.09. The van der Waals surface area contributed by atoms with Gasteiger partial charge in [0, 0.05) is 33.4 Å². The average molecular weight is 370 g/mol. The SMILES string of the molecule is CCN(CC)CCCN(C)C(=O)/C(C)=N/C=N\CN(C)C(C)CCOC. The lowest BCUT2D eigenvalue weighted by molar-refractivity contribution is -0.123. The minimum absolute atomic E-state index is 0.0437. The maximum Gasteiger partial charge on any atom is 0.267 e. The second-order valence-corrected chi connectivity index (χ2v) is 6.65. The second kappa shape index (κ2) is 14.8. The van der Waals surface area contributed by atoms with Crippen molar-refractivity contribution in [1.82, 2.24) is 14.7 Å². The Labute approximate surface area is 160 Å². The topological polar surface area (TPSA) is 60.7 Å². The predicted molar refractivity (Wildman–Crippen MR) is 110 cm³/mol. The summed E-state index contributed by atoms with van der Waals surface area (Å²) in [5, 5.41) is 0. The summed E-state index contributed by atoms with van der Waals surface area (Å²) in [6.45, 7) is 13.3. The average Bonchev–Trinajstić information content (AvgIpc) is 2.65. The van der Waals surface area contributed by atoms with E-state index < -0.39 is 0 Å². The van der Waals surface area contributed by atoms with Crippen molar-refractivity contribution in [2.24, 2.45) is 9.98 Å². The third-order valence-corrected chi connectivity index (χ3v) is 4.65. The molecule has 7 heteroatoms. The van der Waals surface area contributed by atoms with Crippen LogP contribution in [-0.4, -0.2) is 99.4 Å². The van der Waals surface area contributed by atoms with Crippen LogP contribution in [0, 0.1) is 0 Å². The Bertz CT molecular complexity index is 436. The lowest BCUT2D eigenvalue weighted by atomic mass is 10.2. The standard InChI is InChI=1S/C19H39N5O2/c1-8-24(9-2)13-10-12-22(5)19(25)18(4)21-15-20-16-23(6)17(3)11-14-26-7/h15,17H,8-14,16H2,1-7H3/b20-15-,21-18+. The smallest absolute Gasteiger partial charge is 0.267 e. The number of methoxy groups -OCH3 is 1. The van der Waals surface area contributed by atoms with E-state index in [1.54, 1.807) is 18.9 Å². The van der Waals surface area contributed by atoms with E-state index in [2.05, 4.69) is 40.6 Å². The molecule has 1 unspecified atom stereocenters. The number of hydrogen-bond donors (Lipinski definition) is 0. The van der Waals surface area contributed by atoms with Crippen LogP contribution in [0.25, 0.3) is 0 Å². The third-order valence-electron chi connectivity index (χ3n) is 4.65. The maximum absolute atomic E-state index is 12.3. The van der Waals surface area contributed by atoms with Gasteiger partial charge in [-0.3, -0.25) is 14.7 Å². The lowest BCUT2D eigenvalue weighted by Crippen LogP contribution is -2.35. The fourth-order valence-electron chi connectivity index (χ4n) is 2.45. The van der Waals surface area contributed by atoms with E-state index in [0.29, 0.717) is 18.4 Å². The van der Waals surface area contributed by atoms with Gasteiger partial charge in [0.2, 0.25) is 0 Å². The first-order chi connectivity index (χ1) is 12.4. The summed E-state index contributed by atoms with van der Waals surface area (Å²) >= 11 is 0. The van der Waals surface area contributed by atoms with Crippen LogP contribution < -0.4 is 0 Å². The highest BCUT2D eigenvalue weighted by molar-refractivity contribution is 6.38. The maximum atomic E-state index is 12.3. The van der Waals surface area contributed by atoms with Crippen molar-refractivity contribution in [3.05, 3.63) is 0 Å². The van der Waals surface area contributed by atoms with Crippen molar-refractivity contribution < 1.29 is 9.53 Å². The van der Waals surface area contributed by atoms with Gasteiger partial charge in [-0.1, -0.05) is 13.8 Å². The quantitative estimate of drug-likeness (QED) is 0.347. The predicted octanol–water partition coefficient (Wildman–Crippen LogP) is 1.98. The summed E-state index contributed by atoms with van der Waals surface area (Å²) in [5.41, 5.74) is 0.467. The van der Waals surface area contributed by atoms with Crippen LogP contribution in [0.1, 0.15) is 40.5 Å². The molecule has 26 heavy (non-hydrogen) atoms. The van der Waals surface area contributed by atoms with Crippen molar-refractivity contribution >= 4 is 18.0 Å². The van der Waals surface area contributed by atoms with Crippen LogP contribution in [-0.2, 0) is 9.53 Å². The molecule has 152 valence electrons. The minimum atomic E-state index is -0.0437. The molecule has 0 fully saturated rings. The van der Waals surface area contributed by atoms with Crippen LogP contribution >= 0.6 is 0 Å². The van der Waals surface area contributed by atoms with Crippen LogP contribution in [0.5, 0.6) is 0 Å². The fourth-order valence-corrected chi connectivity index (χ4v) is 2.45. The van der Waals surface area contributed by atoms with Crippen LogP contribution in [0.3, 0.4) is 0 Å². The molecule has 0 radical (unpaired) electrons. The molecule has 0 aliphatic heterocycles. The molecule has 0 aromatic rings. The van der Waals surface area contributed by atoms with Gasteiger partial charge in [-0.05, 0) is 53.4 Å². The molecule has 1 atom stereocenters. The van der Waals surface area contributed by atoms with E-state index in [0.717, 1.165) is 45.6 Å². The molecule has 0 N–H and O–H groups in total. The van der Waals surface area contributed by atoms with Crippen molar-refractivity contribution in [3.63, 3.8) is 0 Å². The number of amides is 1. The van der Waals surface area contributed by atoms with E-state index >= 15 is 0 Å². The first-order valence-corrected chi connectivity index (χ1v) is 9.56. The molecule has 0 rings (SSSR count). The molecular weight excluding hydrogens is 330 g/mol. The first kappa shape index (κ1) is 24.7. The van der Waals surface area contributed by atoms with E-state index in [4.69, 9.17) is 4.74 Å². The molecule has 0 spiro atoms. The zero-order valence-electron chi connectivity index (χ0n) is 17.9. The number of carbonyl (C=O) groups is 1. The fraction of sp³-hybridized carbons (Fsp3) is 0.842. The zero-order chi connectivity index (χ0) is 19.9. The van der Waals surface area contributed by atoms with Gasteiger partial charge in [0.25, 0.3) is 5.91 Å². The highest BCUT2D eigenvalue weighted by Crippen LogP contribution is 2.00. The Balaban J connectivity index is 4.28. The minimum Gasteiger partial charge on any atom is -0.385 e. The number of ether oxygens (including phenoxy) is 1. The van der Waals surface area contributed by atoms with Crippen LogP contribution in [0.4, 0.5) is 0 Å². The number of aliphatic imine (C=N–C) groups is 2. The van der Waals surface area contributed by atoms with Gasteiger partial charge in [0.15, 0.2) is 0 Å². The number of carbonyl (C=O) groups excluding carboxylic acids is 1. The molecule has 0 bridgehead atoms. The molecule has 0 aromatic carbocycles. The summed E-state index contributed by atoms with van der Waals surface area (Å²) in [6.07, 6.45) is 3.41. The van der Waals surface area contributed by atoms with Gasteiger partial charge in [0.05, 0.1) is 6.67 Å². The highest BCUT2D eigenvalue weighted by Gasteiger charge is 2.12. The van der Waals surface area contributed by atoms with Gasteiger partial charge in [-0.2, -0.15) is 0 Å². The van der Waals surface area contributed by atoms with Gasteiger partial charge >= 0.3 is 0 Å². The Morgan fingerprint density at radius 3 is 2.42 bits per heavy atom. The largest absolute Gasteiger partial charge is 0.385 e. The Hall–Kier alpha value is -1.31. The molecule has 0 aromatic heterocycles. The zero-order valence-corrected chi connectivity index (χ0v) is 17.9. The van der Waals surface area contributed by atoms with Gasteiger partial charge < -0.3 is 14.5 Å². The molecule has 7 nitrogen and oxygen atoms in total. The van der Waals surface area contributed by atoms with Gasteiger partial charge in [0.1, 0.15) is 12.1 Å². The number of hydrogen-bond acceptors (Lipinski definition) is 5. The van der Waals surface area contributed by atoms with E-state index in [9.17, 15) is 4.79 Å². The van der Waals surface area contributed by atoms with Crippen molar-refractivity contribution in [1.29, 1.82) is 0 Å². The third kappa shape index (κ3) is 10.6. The van der Waals surface area contributed by atoms with E-state index in [-0.39, 0.29) is 5.91 Å². The molecule has 0 heterocycles. The monoisotopic (exact) mass is 369 g/mol. The van der Waals surface area contributed by atoms with E-state index in [1.807, 2.05) is 14.1 Å². The van der Waals surface area contributed by atoms with Gasteiger partial charge in [-0.15, -0.1) is 0 Å². The Morgan fingerprint density at radius 1 is 1.19 bits per heavy atom. The van der Waals surface area contributed by atoms with Crippen LogP contribution in [0.2, 0.25) is 0 Å². The van der Waals surface area contributed by atoms with E-state index in [1.165, 1.54) is 6.34 Å². The normalized spacial score (nSPS) is 13.8.